The lowest BCUT2D eigenvalue weighted by Crippen LogP contribution is -2.34. The van der Waals surface area contributed by atoms with Gasteiger partial charge in [-0.2, -0.15) is 5.10 Å². The van der Waals surface area contributed by atoms with Crippen LogP contribution in [0.25, 0.3) is 6.08 Å². The molecule has 0 saturated heterocycles. The molecule has 2 aromatic rings. The van der Waals surface area contributed by atoms with Crippen LogP contribution in [-0.4, -0.2) is 46.3 Å². The van der Waals surface area contributed by atoms with Gasteiger partial charge in [0.2, 0.25) is 0 Å². The summed E-state index contributed by atoms with van der Waals surface area (Å²) in [5.41, 5.74) is 5.09. The lowest BCUT2D eigenvalue weighted by Gasteiger charge is -2.17. The summed E-state index contributed by atoms with van der Waals surface area (Å²) in [7, 11) is 0. The zero-order chi connectivity index (χ0) is 20.7. The summed E-state index contributed by atoms with van der Waals surface area (Å²) in [6.45, 7) is 11.4. The molecular formula is C22H29N3O3. The first-order chi connectivity index (χ1) is 13.3. The minimum atomic E-state index is -0.536. The van der Waals surface area contributed by atoms with Crippen molar-refractivity contribution >= 4 is 18.0 Å². The molecule has 0 aliphatic heterocycles. The number of rotatable bonds is 8. The van der Waals surface area contributed by atoms with E-state index >= 15 is 0 Å². The Morgan fingerprint density at radius 2 is 1.75 bits per heavy atom. The van der Waals surface area contributed by atoms with E-state index < -0.39 is 5.97 Å². The van der Waals surface area contributed by atoms with E-state index in [1.807, 2.05) is 32.4 Å². The monoisotopic (exact) mass is 383 g/mol. The molecule has 28 heavy (non-hydrogen) atoms. The van der Waals surface area contributed by atoms with Crippen LogP contribution in [0.15, 0.2) is 30.3 Å². The fourth-order valence-corrected chi connectivity index (χ4v) is 2.97. The summed E-state index contributed by atoms with van der Waals surface area (Å²) in [6.07, 6.45) is 3.05. The molecule has 0 aliphatic carbocycles. The van der Waals surface area contributed by atoms with Gasteiger partial charge in [0, 0.05) is 30.4 Å². The van der Waals surface area contributed by atoms with E-state index in [2.05, 4.69) is 36.3 Å². The van der Waals surface area contributed by atoms with E-state index in [1.54, 1.807) is 11.0 Å². The topological polar surface area (TPSA) is 64.4 Å². The number of amides is 1. The molecular weight excluding hydrogens is 354 g/mol. The van der Waals surface area contributed by atoms with Crippen LogP contribution in [0.2, 0.25) is 0 Å². The minimum Gasteiger partial charge on any atom is -0.452 e. The number of hydrogen-bond acceptors (Lipinski definition) is 4. The number of aromatic nitrogens is 2. The summed E-state index contributed by atoms with van der Waals surface area (Å²) in [5, 5.41) is 4.58. The number of carbonyl (C=O) groups excluding carboxylic acids is 2. The molecule has 0 bridgehead atoms. The van der Waals surface area contributed by atoms with Crippen molar-refractivity contribution in [3.05, 3.63) is 58.4 Å². The number of nitrogens with zero attached hydrogens (tertiary/aromatic N) is 3. The highest BCUT2D eigenvalue weighted by molar-refractivity contribution is 5.89. The van der Waals surface area contributed by atoms with E-state index in [-0.39, 0.29) is 12.5 Å². The number of benzene rings is 1. The molecule has 150 valence electrons. The first-order valence-corrected chi connectivity index (χ1v) is 9.57. The van der Waals surface area contributed by atoms with Crippen LogP contribution in [0.5, 0.6) is 0 Å². The van der Waals surface area contributed by atoms with Crippen molar-refractivity contribution in [1.29, 1.82) is 0 Å². The number of likely N-dealkylation sites (N-methyl/N-ethyl adjacent to an activating group) is 1. The molecule has 6 heteroatoms. The Labute approximate surface area is 166 Å². The third kappa shape index (κ3) is 5.55. The van der Waals surface area contributed by atoms with E-state index in [0.717, 1.165) is 17.0 Å². The second-order valence-electron chi connectivity index (χ2n) is 6.73. The highest BCUT2D eigenvalue weighted by Gasteiger charge is 2.13. The molecule has 1 aromatic carbocycles. The molecule has 1 amide bonds. The van der Waals surface area contributed by atoms with Gasteiger partial charge in [0.25, 0.3) is 5.91 Å². The smallest absolute Gasteiger partial charge is 0.331 e. The van der Waals surface area contributed by atoms with Gasteiger partial charge in [0.1, 0.15) is 0 Å². The van der Waals surface area contributed by atoms with E-state index in [1.165, 1.54) is 17.2 Å². The van der Waals surface area contributed by atoms with E-state index in [4.69, 9.17) is 4.74 Å². The predicted octanol–water partition coefficient (Wildman–Crippen LogP) is 3.28. The molecule has 0 aliphatic rings. The Morgan fingerprint density at radius 3 is 2.36 bits per heavy atom. The van der Waals surface area contributed by atoms with Gasteiger partial charge >= 0.3 is 5.97 Å². The molecule has 2 rings (SSSR count). The Hall–Kier alpha value is -2.89. The van der Waals surface area contributed by atoms with Gasteiger partial charge in [-0.25, -0.2) is 4.79 Å². The third-order valence-corrected chi connectivity index (χ3v) is 4.73. The lowest BCUT2D eigenvalue weighted by atomic mass is 10.1. The fourth-order valence-electron chi connectivity index (χ4n) is 2.97. The van der Waals surface area contributed by atoms with Crippen molar-refractivity contribution < 1.29 is 14.3 Å². The van der Waals surface area contributed by atoms with Crippen LogP contribution in [0.1, 0.15) is 41.9 Å². The van der Waals surface area contributed by atoms with Crippen LogP contribution >= 0.6 is 0 Å². The largest absolute Gasteiger partial charge is 0.452 e. The SMILES string of the molecule is CCN(CC)C(=O)COC(=O)/C=C/c1c(C)nn(Cc2ccc(C)cc2)c1C. The molecule has 0 N–H and O–H groups in total. The maximum absolute atomic E-state index is 12.0. The van der Waals surface area contributed by atoms with Gasteiger partial charge in [0.05, 0.1) is 12.2 Å². The molecule has 0 atom stereocenters. The number of aryl methyl sites for hydroxylation is 2. The van der Waals surface area contributed by atoms with Crippen molar-refractivity contribution in [1.82, 2.24) is 14.7 Å². The molecule has 0 saturated carbocycles. The first-order valence-electron chi connectivity index (χ1n) is 9.57. The van der Waals surface area contributed by atoms with Crippen molar-refractivity contribution in [2.24, 2.45) is 0 Å². The van der Waals surface area contributed by atoms with Crippen molar-refractivity contribution in [2.75, 3.05) is 19.7 Å². The molecule has 6 nitrogen and oxygen atoms in total. The molecule has 1 aromatic heterocycles. The maximum atomic E-state index is 12.0. The third-order valence-electron chi connectivity index (χ3n) is 4.73. The van der Waals surface area contributed by atoms with Crippen LogP contribution in [0, 0.1) is 20.8 Å². The Balaban J connectivity index is 2.01. The fraction of sp³-hybridized carbons (Fsp3) is 0.409. The van der Waals surface area contributed by atoms with Crippen molar-refractivity contribution in [3.63, 3.8) is 0 Å². The molecule has 0 spiro atoms. The van der Waals surface area contributed by atoms with Crippen LogP contribution in [-0.2, 0) is 20.9 Å². The highest BCUT2D eigenvalue weighted by Crippen LogP contribution is 2.17. The quantitative estimate of drug-likeness (QED) is 0.518. The number of hydrogen-bond donors (Lipinski definition) is 0. The Kier molecular flexibility index (Phi) is 7.55. The second-order valence-corrected chi connectivity index (χ2v) is 6.73. The second kappa shape index (κ2) is 9.88. The lowest BCUT2D eigenvalue weighted by molar-refractivity contribution is -0.147. The number of carbonyl (C=O) groups is 2. The van der Waals surface area contributed by atoms with Gasteiger partial charge in [-0.3, -0.25) is 9.48 Å². The Morgan fingerprint density at radius 1 is 1.11 bits per heavy atom. The first kappa shape index (κ1) is 21.4. The number of esters is 1. The highest BCUT2D eigenvalue weighted by atomic mass is 16.5. The molecule has 0 fully saturated rings. The standard InChI is InChI=1S/C22H29N3O3/c1-6-24(7-2)21(26)15-28-22(27)13-12-20-17(4)23-25(18(20)5)14-19-10-8-16(3)9-11-19/h8-13H,6-7,14-15H2,1-5H3/b13-12+. The number of ether oxygens (including phenoxy) is 1. The zero-order valence-electron chi connectivity index (χ0n) is 17.4. The van der Waals surface area contributed by atoms with Gasteiger partial charge in [-0.1, -0.05) is 29.8 Å². The summed E-state index contributed by atoms with van der Waals surface area (Å²) in [4.78, 5) is 25.5. The van der Waals surface area contributed by atoms with Gasteiger partial charge < -0.3 is 9.64 Å². The molecule has 0 radical (unpaired) electrons. The maximum Gasteiger partial charge on any atom is 0.331 e. The summed E-state index contributed by atoms with van der Waals surface area (Å²) < 4.78 is 6.98. The average molecular weight is 383 g/mol. The summed E-state index contributed by atoms with van der Waals surface area (Å²) in [5.74, 6) is -0.726. The van der Waals surface area contributed by atoms with Crippen molar-refractivity contribution in [3.8, 4) is 0 Å². The van der Waals surface area contributed by atoms with Gasteiger partial charge in [-0.05, 0) is 46.3 Å². The van der Waals surface area contributed by atoms with Gasteiger partial charge in [0.15, 0.2) is 6.61 Å². The summed E-state index contributed by atoms with van der Waals surface area (Å²) >= 11 is 0. The van der Waals surface area contributed by atoms with Crippen molar-refractivity contribution in [2.45, 2.75) is 41.2 Å². The Bertz CT molecular complexity index is 847. The van der Waals surface area contributed by atoms with Gasteiger partial charge in [-0.15, -0.1) is 0 Å². The minimum absolute atomic E-state index is 0.190. The molecule has 1 heterocycles. The van der Waals surface area contributed by atoms with Crippen LogP contribution in [0.4, 0.5) is 0 Å². The van der Waals surface area contributed by atoms with E-state index in [9.17, 15) is 9.59 Å². The summed E-state index contributed by atoms with van der Waals surface area (Å²) in [6, 6.07) is 8.34. The zero-order valence-corrected chi connectivity index (χ0v) is 17.4. The molecule has 0 unspecified atom stereocenters. The van der Waals surface area contributed by atoms with Crippen LogP contribution in [0.3, 0.4) is 0 Å². The average Bonchev–Trinajstić information content (AvgIpc) is 2.94. The van der Waals surface area contributed by atoms with Crippen LogP contribution < -0.4 is 0 Å². The normalized spacial score (nSPS) is 11.0. The predicted molar refractivity (Wildman–Crippen MR) is 110 cm³/mol. The van der Waals surface area contributed by atoms with E-state index in [0.29, 0.717) is 19.6 Å².